The Morgan fingerprint density at radius 1 is 1.00 bits per heavy atom. The molecule has 11 heavy (non-hydrogen) atoms. The third-order valence-electron chi connectivity index (χ3n) is 1.76. The number of rotatable bonds is 7. The van der Waals surface area contributed by atoms with Crippen molar-refractivity contribution in [1.82, 2.24) is 0 Å². The monoisotopic (exact) mass is 170 g/mol. The molecule has 0 N–H and O–H groups in total. The minimum absolute atomic E-state index is 0. The lowest BCUT2D eigenvalue weighted by Crippen LogP contribution is -1.76. The molecule has 0 aromatic heterocycles. The maximum Gasteiger partial charge on any atom is 0.187 e. The highest BCUT2D eigenvalue weighted by Gasteiger charge is 1.86. The van der Waals surface area contributed by atoms with Gasteiger partial charge in [0.25, 0.3) is 0 Å². The van der Waals surface area contributed by atoms with Crippen LogP contribution in [-0.2, 0) is 0 Å². The predicted molar refractivity (Wildman–Crippen MR) is 58.1 cm³/mol. The van der Waals surface area contributed by atoms with Gasteiger partial charge in [0.2, 0.25) is 0 Å². The summed E-state index contributed by atoms with van der Waals surface area (Å²) in [6, 6.07) is 0. The molecule has 0 unspecified atom stereocenters. The maximum absolute atomic E-state index is 3.69. The molecule has 66 valence electrons. The first-order valence-electron chi connectivity index (χ1n) is 4.52. The largest absolute Gasteiger partial charge is 0.187 e. The number of hydrogen-bond donors (Lipinski definition) is 0. The fraction of sp³-hybridized carbons (Fsp3) is 0.800. The van der Waals surface area contributed by atoms with E-state index in [2.05, 4.69) is 13.5 Å². The zero-order valence-electron chi connectivity index (χ0n) is 7.23. The van der Waals surface area contributed by atoms with Crippen LogP contribution in [-0.4, -0.2) is 17.4 Å². The molecule has 0 aliphatic heterocycles. The minimum Gasteiger partial charge on any atom is -0.103 e. The number of unbranched alkanes of at least 4 members (excludes halogenated alkanes) is 6. The van der Waals surface area contributed by atoms with E-state index in [1.165, 1.54) is 44.9 Å². The molecule has 0 aromatic rings. The topological polar surface area (TPSA) is 0 Å². The Labute approximate surface area is 82.2 Å². The summed E-state index contributed by atoms with van der Waals surface area (Å²) >= 11 is 0. The van der Waals surface area contributed by atoms with Crippen molar-refractivity contribution in [2.24, 2.45) is 0 Å². The van der Waals surface area contributed by atoms with Crippen LogP contribution in [0.2, 0.25) is 0 Å². The van der Waals surface area contributed by atoms with E-state index in [4.69, 9.17) is 0 Å². The lowest BCUT2D eigenvalue weighted by molar-refractivity contribution is 0.611. The molecule has 0 rings (SSSR count). The smallest absolute Gasteiger partial charge is 0.103 e. The highest BCUT2D eigenvalue weighted by Crippen LogP contribution is 2.06. The van der Waals surface area contributed by atoms with Gasteiger partial charge >= 0.3 is 0 Å². The van der Waals surface area contributed by atoms with Crippen molar-refractivity contribution in [2.45, 2.75) is 51.9 Å². The highest BCUT2D eigenvalue weighted by molar-refractivity contribution is 5.75. The molecule has 1 heteroatoms. The quantitative estimate of drug-likeness (QED) is 0.313. The summed E-state index contributed by atoms with van der Waals surface area (Å²) in [5.74, 6) is 0. The molecule has 0 aliphatic carbocycles. The van der Waals surface area contributed by atoms with Crippen LogP contribution in [0.25, 0.3) is 0 Å². The van der Waals surface area contributed by atoms with E-state index in [0.29, 0.717) is 0 Å². The van der Waals surface area contributed by atoms with Crippen molar-refractivity contribution in [3.63, 3.8) is 0 Å². The van der Waals surface area contributed by atoms with Crippen LogP contribution in [0.1, 0.15) is 51.9 Å². The molecule has 0 radical (unpaired) electrons. The minimum atomic E-state index is 0. The van der Waals surface area contributed by atoms with E-state index in [9.17, 15) is 0 Å². The van der Waals surface area contributed by atoms with Crippen molar-refractivity contribution >= 4 is 17.4 Å². The standard InChI is InChI=1S/C10H20.Al.3H/c1-3-5-7-9-10-8-6-4-2;;;;/h3H,1,4-10H2,2H3;;;;. The van der Waals surface area contributed by atoms with Crippen LogP contribution < -0.4 is 0 Å². The van der Waals surface area contributed by atoms with Crippen molar-refractivity contribution in [3.8, 4) is 0 Å². The Kier molecular flexibility index (Phi) is 16.2. The molecule has 0 saturated heterocycles. The molecule has 0 heterocycles. The lowest BCUT2D eigenvalue weighted by Gasteiger charge is -1.96. The summed E-state index contributed by atoms with van der Waals surface area (Å²) in [6.45, 7) is 5.95. The van der Waals surface area contributed by atoms with Crippen LogP contribution in [0.15, 0.2) is 12.7 Å². The van der Waals surface area contributed by atoms with E-state index in [0.717, 1.165) is 0 Å². The zero-order valence-corrected chi connectivity index (χ0v) is 7.23. The van der Waals surface area contributed by atoms with Crippen molar-refractivity contribution in [1.29, 1.82) is 0 Å². The molecule has 0 amide bonds. The summed E-state index contributed by atoms with van der Waals surface area (Å²) in [4.78, 5) is 0. The first-order chi connectivity index (χ1) is 4.91. The Morgan fingerprint density at radius 2 is 1.55 bits per heavy atom. The van der Waals surface area contributed by atoms with Gasteiger partial charge in [-0.15, -0.1) is 6.58 Å². The molecule has 0 aliphatic rings. The van der Waals surface area contributed by atoms with Crippen molar-refractivity contribution in [2.75, 3.05) is 0 Å². The van der Waals surface area contributed by atoms with Crippen molar-refractivity contribution < 1.29 is 0 Å². The van der Waals surface area contributed by atoms with Crippen LogP contribution in [0.5, 0.6) is 0 Å². The summed E-state index contributed by atoms with van der Waals surface area (Å²) in [6.07, 6.45) is 11.6. The second kappa shape index (κ2) is 12.9. The van der Waals surface area contributed by atoms with Gasteiger partial charge < -0.3 is 0 Å². The van der Waals surface area contributed by atoms with Gasteiger partial charge in [0.05, 0.1) is 0 Å². The van der Waals surface area contributed by atoms with Crippen molar-refractivity contribution in [3.05, 3.63) is 12.7 Å². The summed E-state index contributed by atoms with van der Waals surface area (Å²) in [5, 5.41) is 0. The summed E-state index contributed by atoms with van der Waals surface area (Å²) < 4.78 is 0. The molecular formula is C10H23Al. The Balaban J connectivity index is 0. The third kappa shape index (κ3) is 13.3. The molecular weight excluding hydrogens is 147 g/mol. The van der Waals surface area contributed by atoms with Gasteiger partial charge in [0, 0.05) is 0 Å². The predicted octanol–water partition coefficient (Wildman–Crippen LogP) is 2.74. The second-order valence-corrected chi connectivity index (χ2v) is 2.85. The van der Waals surface area contributed by atoms with Gasteiger partial charge in [0.15, 0.2) is 17.4 Å². The van der Waals surface area contributed by atoms with Gasteiger partial charge in [-0.05, 0) is 12.8 Å². The van der Waals surface area contributed by atoms with E-state index in [1.54, 1.807) is 0 Å². The SMILES string of the molecule is C=CCCCCCCCC.[AlH3]. The van der Waals surface area contributed by atoms with Gasteiger partial charge in [-0.25, -0.2) is 0 Å². The Bertz CT molecular complexity index is 69.3. The zero-order chi connectivity index (χ0) is 7.66. The Hall–Kier alpha value is 0.272. The Morgan fingerprint density at radius 3 is 2.09 bits per heavy atom. The van der Waals surface area contributed by atoms with Gasteiger partial charge in [-0.2, -0.15) is 0 Å². The fourth-order valence-corrected chi connectivity index (χ4v) is 1.07. The maximum atomic E-state index is 3.69. The molecule has 0 atom stereocenters. The summed E-state index contributed by atoms with van der Waals surface area (Å²) in [5.41, 5.74) is 0. The molecule has 0 fully saturated rings. The van der Waals surface area contributed by atoms with E-state index in [-0.39, 0.29) is 17.4 Å². The number of hydrogen-bond acceptors (Lipinski definition) is 0. The van der Waals surface area contributed by atoms with E-state index in [1.807, 2.05) is 6.08 Å². The van der Waals surface area contributed by atoms with Crippen LogP contribution in [0.3, 0.4) is 0 Å². The van der Waals surface area contributed by atoms with Gasteiger partial charge in [-0.1, -0.05) is 45.1 Å². The first-order valence-corrected chi connectivity index (χ1v) is 4.52. The normalized spacial score (nSPS) is 8.82. The van der Waals surface area contributed by atoms with Crippen LogP contribution in [0, 0.1) is 0 Å². The van der Waals surface area contributed by atoms with Crippen LogP contribution >= 0.6 is 0 Å². The molecule has 0 aromatic carbocycles. The average molecular weight is 170 g/mol. The van der Waals surface area contributed by atoms with Gasteiger partial charge in [0.1, 0.15) is 0 Å². The lowest BCUT2D eigenvalue weighted by atomic mass is 10.1. The molecule has 0 bridgehead atoms. The third-order valence-corrected chi connectivity index (χ3v) is 1.76. The summed E-state index contributed by atoms with van der Waals surface area (Å²) in [7, 11) is 0. The van der Waals surface area contributed by atoms with Gasteiger partial charge in [-0.3, -0.25) is 0 Å². The molecule has 0 saturated carbocycles. The van der Waals surface area contributed by atoms with E-state index < -0.39 is 0 Å². The average Bonchev–Trinajstić information content (AvgIpc) is 1.97. The molecule has 0 spiro atoms. The first kappa shape index (κ1) is 13.8. The number of allylic oxidation sites excluding steroid dienone is 1. The second-order valence-electron chi connectivity index (χ2n) is 2.85. The van der Waals surface area contributed by atoms with Crippen LogP contribution in [0.4, 0.5) is 0 Å². The fourth-order valence-electron chi connectivity index (χ4n) is 1.07. The molecule has 0 nitrogen and oxygen atoms in total. The van der Waals surface area contributed by atoms with E-state index >= 15 is 0 Å². The highest BCUT2D eigenvalue weighted by atomic mass is 27.0.